The first kappa shape index (κ1) is 43.6. The van der Waals surface area contributed by atoms with E-state index in [4.69, 9.17) is 19.4 Å². The van der Waals surface area contributed by atoms with Crippen molar-refractivity contribution >= 4 is 126 Å². The van der Waals surface area contributed by atoms with Crippen LogP contribution in [0.4, 0.5) is 0 Å². The molecule has 6 nitrogen and oxygen atoms in total. The van der Waals surface area contributed by atoms with Crippen molar-refractivity contribution in [2.24, 2.45) is 0 Å². The van der Waals surface area contributed by atoms with Crippen molar-refractivity contribution in [1.29, 1.82) is 0 Å². The molecular formula is C69H43N5OSSi. The molecule has 0 aliphatic carbocycles. The Bertz CT molecular complexity index is 4670. The van der Waals surface area contributed by atoms with Gasteiger partial charge in [0.05, 0.1) is 31.9 Å². The van der Waals surface area contributed by atoms with Crippen molar-refractivity contribution in [1.82, 2.24) is 24.1 Å². The number of hydrogen-bond acceptors (Lipinski definition) is 5. The van der Waals surface area contributed by atoms with E-state index in [9.17, 15) is 0 Å². The monoisotopic (exact) mass is 1020 g/mol. The minimum Gasteiger partial charge on any atom is -0.455 e. The lowest BCUT2D eigenvalue weighted by molar-refractivity contribution is 0.670. The Balaban J connectivity index is 0.878. The molecule has 360 valence electrons. The number of benzene rings is 9. The number of nitrogens with zero attached hydrogens (tertiary/aromatic N) is 5. The molecule has 0 radical (unpaired) electrons. The van der Waals surface area contributed by atoms with Gasteiger partial charge in [-0.3, -0.25) is 14.5 Å². The number of fused-ring (bicyclic) bond motifs is 12. The van der Waals surface area contributed by atoms with Gasteiger partial charge in [-0.05, 0) is 136 Å². The SMILES string of the molecule is c1ccc(-n2c3ccccc3c3cc(-c4ccc5oc6c([Si](c7ccccc7)(c7ccccc7)c7nccc8c7sc7ccc(-c9ccc%10c(c9)c9cccnc9n%10-c9ccccc9)cc78)nccc6c5c4)ccc32)cc1. The second-order valence-corrected chi connectivity index (χ2v) is 24.5. The smallest absolute Gasteiger partial charge is 0.230 e. The molecule has 0 saturated heterocycles. The topological polar surface area (TPSA) is 61.7 Å². The maximum absolute atomic E-state index is 7.18. The third-order valence-electron chi connectivity index (χ3n) is 15.8. The molecule has 0 aliphatic rings. The average Bonchev–Trinajstić information content (AvgIpc) is 4.48. The quantitative estimate of drug-likeness (QED) is 0.142. The van der Waals surface area contributed by atoms with Crippen LogP contribution in [0.15, 0.2) is 266 Å². The molecule has 16 aromatic rings. The van der Waals surface area contributed by atoms with Gasteiger partial charge in [-0.15, -0.1) is 11.3 Å². The van der Waals surface area contributed by atoms with Gasteiger partial charge in [-0.2, -0.15) is 0 Å². The molecule has 0 atom stereocenters. The first-order valence-electron chi connectivity index (χ1n) is 26.0. The molecule has 0 N–H and O–H groups in total. The van der Waals surface area contributed by atoms with Crippen LogP contribution < -0.4 is 21.0 Å². The fourth-order valence-electron chi connectivity index (χ4n) is 12.4. The number of para-hydroxylation sites is 3. The molecule has 9 aromatic carbocycles. The van der Waals surface area contributed by atoms with Crippen LogP contribution >= 0.6 is 11.3 Å². The summed E-state index contributed by atoms with van der Waals surface area (Å²) in [6.45, 7) is 0. The molecule has 7 aromatic heterocycles. The number of furan rings is 1. The summed E-state index contributed by atoms with van der Waals surface area (Å²) >= 11 is 1.82. The summed E-state index contributed by atoms with van der Waals surface area (Å²) < 4.78 is 14.2. The molecule has 0 unspecified atom stereocenters. The Morgan fingerprint density at radius 1 is 0.351 bits per heavy atom. The lowest BCUT2D eigenvalue weighted by Gasteiger charge is -2.32. The average molecular weight is 1020 g/mol. The van der Waals surface area contributed by atoms with Gasteiger partial charge in [0.2, 0.25) is 8.07 Å². The highest BCUT2D eigenvalue weighted by Gasteiger charge is 2.48. The predicted octanol–water partition coefficient (Wildman–Crippen LogP) is 15.0. The number of aromatic nitrogens is 5. The fourth-order valence-corrected chi connectivity index (χ4v) is 18.6. The van der Waals surface area contributed by atoms with Crippen LogP contribution in [-0.4, -0.2) is 32.2 Å². The highest BCUT2D eigenvalue weighted by molar-refractivity contribution is 7.30. The van der Waals surface area contributed by atoms with E-state index in [0.717, 1.165) is 87.5 Å². The van der Waals surface area contributed by atoms with Crippen molar-refractivity contribution in [2.45, 2.75) is 0 Å². The predicted molar refractivity (Wildman–Crippen MR) is 323 cm³/mol. The second kappa shape index (κ2) is 17.2. The van der Waals surface area contributed by atoms with Gasteiger partial charge in [0.15, 0.2) is 5.58 Å². The molecule has 77 heavy (non-hydrogen) atoms. The Hall–Kier alpha value is -9.73. The zero-order chi connectivity index (χ0) is 50.6. The van der Waals surface area contributed by atoms with Crippen LogP contribution in [0.3, 0.4) is 0 Å². The highest BCUT2D eigenvalue weighted by atomic mass is 32.1. The summed E-state index contributed by atoms with van der Waals surface area (Å²) in [6, 6.07) is 87.5. The van der Waals surface area contributed by atoms with E-state index in [0.29, 0.717) is 0 Å². The van der Waals surface area contributed by atoms with Gasteiger partial charge >= 0.3 is 0 Å². The van der Waals surface area contributed by atoms with E-state index in [2.05, 4.69) is 246 Å². The molecule has 8 heteroatoms. The minimum atomic E-state index is -3.39. The van der Waals surface area contributed by atoms with Crippen LogP contribution in [-0.2, 0) is 0 Å². The number of hydrogen-bond donors (Lipinski definition) is 0. The molecule has 0 bridgehead atoms. The Morgan fingerprint density at radius 2 is 0.870 bits per heavy atom. The van der Waals surface area contributed by atoms with Crippen molar-refractivity contribution in [3.8, 4) is 33.6 Å². The minimum absolute atomic E-state index is 0.793. The molecule has 16 rings (SSSR count). The van der Waals surface area contributed by atoms with Gasteiger partial charge in [0.1, 0.15) is 11.2 Å². The Labute approximate surface area is 447 Å². The normalized spacial score (nSPS) is 12.2. The van der Waals surface area contributed by atoms with Gasteiger partial charge in [0, 0.05) is 77.8 Å². The lowest BCUT2D eigenvalue weighted by Crippen LogP contribution is -2.76. The summed E-state index contributed by atoms with van der Waals surface area (Å²) in [5.74, 6) is 0. The zero-order valence-corrected chi connectivity index (χ0v) is 43.2. The van der Waals surface area contributed by atoms with Gasteiger partial charge in [-0.1, -0.05) is 140 Å². The van der Waals surface area contributed by atoms with E-state index in [1.165, 1.54) is 53.0 Å². The molecule has 0 saturated carbocycles. The maximum atomic E-state index is 7.18. The van der Waals surface area contributed by atoms with Crippen molar-refractivity contribution < 1.29 is 4.42 Å². The zero-order valence-electron chi connectivity index (χ0n) is 41.4. The van der Waals surface area contributed by atoms with E-state index in [1.807, 2.05) is 36.0 Å². The molecular weight excluding hydrogens is 975 g/mol. The Kier molecular flexibility index (Phi) is 9.73. The third-order valence-corrected chi connectivity index (χ3v) is 21.7. The highest BCUT2D eigenvalue weighted by Crippen LogP contribution is 2.41. The van der Waals surface area contributed by atoms with Crippen molar-refractivity contribution in [3.63, 3.8) is 0 Å². The van der Waals surface area contributed by atoms with Gasteiger partial charge in [0.25, 0.3) is 0 Å². The van der Waals surface area contributed by atoms with E-state index < -0.39 is 8.07 Å². The molecule has 0 fully saturated rings. The molecule has 0 spiro atoms. The summed E-state index contributed by atoms with van der Waals surface area (Å²) in [5.41, 5.74) is 12.9. The summed E-state index contributed by atoms with van der Waals surface area (Å²) in [6.07, 6.45) is 5.88. The first-order chi connectivity index (χ1) is 38.2. The maximum Gasteiger partial charge on any atom is 0.230 e. The summed E-state index contributed by atoms with van der Waals surface area (Å²) in [7, 11) is -3.39. The van der Waals surface area contributed by atoms with Gasteiger partial charge < -0.3 is 8.98 Å². The molecule has 7 heterocycles. The second-order valence-electron chi connectivity index (χ2n) is 19.9. The van der Waals surface area contributed by atoms with E-state index in [-0.39, 0.29) is 0 Å². The van der Waals surface area contributed by atoms with Crippen molar-refractivity contribution in [3.05, 3.63) is 261 Å². The first-order valence-corrected chi connectivity index (χ1v) is 28.8. The number of rotatable bonds is 8. The van der Waals surface area contributed by atoms with E-state index in [1.54, 1.807) is 0 Å². The van der Waals surface area contributed by atoms with Gasteiger partial charge in [-0.25, -0.2) is 4.98 Å². The molecule has 0 aliphatic heterocycles. The van der Waals surface area contributed by atoms with Crippen molar-refractivity contribution in [2.75, 3.05) is 0 Å². The summed E-state index contributed by atoms with van der Waals surface area (Å²) in [4.78, 5) is 15.9. The lowest BCUT2D eigenvalue weighted by atomic mass is 10.0. The number of pyridine rings is 3. The van der Waals surface area contributed by atoms with Crippen LogP contribution in [0.5, 0.6) is 0 Å². The summed E-state index contributed by atoms with van der Waals surface area (Å²) in [5, 5.41) is 13.6. The van der Waals surface area contributed by atoms with Crippen LogP contribution in [0.2, 0.25) is 0 Å². The largest absolute Gasteiger partial charge is 0.455 e. The van der Waals surface area contributed by atoms with Crippen LogP contribution in [0.1, 0.15) is 0 Å². The number of thiophene rings is 1. The van der Waals surface area contributed by atoms with Crippen LogP contribution in [0, 0.1) is 0 Å². The Morgan fingerprint density at radius 3 is 1.57 bits per heavy atom. The standard InChI is InChI=1S/C69H43N5OSSi/c1-5-16-48(17-6-1)73-60-26-14-13-24-52(60)56-40-44(27-31-61(56)73)46-29-33-63-58(42-46)53-35-38-71-68(65(53)75-63)77(50-20-9-3-10-21-50,51-22-11-4-12-23-51)69-66-54(36-39-72-69)59-43-47(30-34-64(59)76-66)45-28-32-62-57(41-45)55-25-15-37-70-67(55)74(62)49-18-7-2-8-19-49/h1-43H. The van der Waals surface area contributed by atoms with Crippen LogP contribution in [0.25, 0.3) is 119 Å². The third kappa shape index (κ3) is 6.56. The molecule has 0 amide bonds. The van der Waals surface area contributed by atoms with E-state index >= 15 is 0 Å². The fraction of sp³-hybridized carbons (Fsp3) is 0.